The molecule has 0 spiro atoms. The molecule has 0 bridgehead atoms. The van der Waals surface area contributed by atoms with Gasteiger partial charge in [0.2, 0.25) is 5.91 Å². The second-order valence-corrected chi connectivity index (χ2v) is 3.93. The minimum Gasteiger partial charge on any atom is -0.386 e. The fourth-order valence-electron chi connectivity index (χ4n) is 1.38. The van der Waals surface area contributed by atoms with Gasteiger partial charge >= 0.3 is 0 Å². The lowest BCUT2D eigenvalue weighted by Gasteiger charge is -2.10. The Labute approximate surface area is 111 Å². The minimum atomic E-state index is -0.216. The molecule has 0 aliphatic heterocycles. The number of rotatable bonds is 5. The van der Waals surface area contributed by atoms with Gasteiger partial charge in [-0.05, 0) is 24.6 Å². The van der Waals surface area contributed by atoms with Crippen molar-refractivity contribution in [3.8, 4) is 0 Å². The number of amidine groups is 1. The fraction of sp³-hybridized carbons (Fsp3) is 0.333. The maximum absolute atomic E-state index is 11.4. The van der Waals surface area contributed by atoms with Gasteiger partial charge in [0.05, 0.1) is 11.6 Å². The van der Waals surface area contributed by atoms with E-state index in [2.05, 4.69) is 10.3 Å². The van der Waals surface area contributed by atoms with E-state index in [1.807, 2.05) is 6.92 Å². The van der Waals surface area contributed by atoms with E-state index in [1.165, 1.54) is 7.11 Å². The van der Waals surface area contributed by atoms with E-state index in [0.717, 1.165) is 5.56 Å². The number of hydrogen-bond acceptors (Lipinski definition) is 3. The molecule has 0 saturated carbocycles. The molecule has 1 aromatic carbocycles. The van der Waals surface area contributed by atoms with Crippen molar-refractivity contribution in [3.63, 3.8) is 0 Å². The van der Waals surface area contributed by atoms with Gasteiger partial charge in [-0.25, -0.2) is 4.99 Å². The first-order valence-corrected chi connectivity index (χ1v) is 5.89. The number of nitrogens with zero attached hydrogens (tertiary/aromatic N) is 1. The fourth-order valence-corrected chi connectivity index (χ4v) is 1.44. The first-order valence-electron chi connectivity index (χ1n) is 5.36. The summed E-state index contributed by atoms with van der Waals surface area (Å²) in [5, 5.41) is 2.74. The van der Waals surface area contributed by atoms with Crippen LogP contribution in [0.3, 0.4) is 0 Å². The van der Waals surface area contributed by atoms with E-state index in [4.69, 9.17) is 22.1 Å². The largest absolute Gasteiger partial charge is 0.386 e. The van der Waals surface area contributed by atoms with E-state index >= 15 is 0 Å². The Morgan fingerprint density at radius 3 is 2.89 bits per heavy atom. The Morgan fingerprint density at radius 1 is 1.56 bits per heavy atom. The number of carbonyl (C=O) groups is 1. The lowest BCUT2D eigenvalue weighted by molar-refractivity contribution is -0.119. The number of benzene rings is 1. The van der Waals surface area contributed by atoms with Crippen LogP contribution in [0.15, 0.2) is 23.2 Å². The van der Waals surface area contributed by atoms with Gasteiger partial charge in [0.1, 0.15) is 12.4 Å². The average molecular weight is 270 g/mol. The van der Waals surface area contributed by atoms with Gasteiger partial charge in [0.25, 0.3) is 0 Å². The highest BCUT2D eigenvalue weighted by atomic mass is 35.5. The summed E-state index contributed by atoms with van der Waals surface area (Å²) in [4.78, 5) is 15.6. The Balaban J connectivity index is 2.95. The van der Waals surface area contributed by atoms with Crippen molar-refractivity contribution in [2.45, 2.75) is 6.92 Å². The molecule has 0 radical (unpaired) electrons. The lowest BCUT2D eigenvalue weighted by atomic mass is 10.1. The normalized spacial score (nSPS) is 11.4. The second kappa shape index (κ2) is 6.98. The molecule has 0 heterocycles. The summed E-state index contributed by atoms with van der Waals surface area (Å²) in [5.41, 5.74) is 7.78. The Bertz CT molecular complexity index is 461. The number of nitrogens with two attached hydrogens (primary N) is 1. The summed E-state index contributed by atoms with van der Waals surface area (Å²) in [6.07, 6.45) is 0. The van der Waals surface area contributed by atoms with Crippen LogP contribution in [-0.4, -0.2) is 31.3 Å². The summed E-state index contributed by atoms with van der Waals surface area (Å²) in [6, 6.07) is 5.38. The van der Waals surface area contributed by atoms with Gasteiger partial charge in [0, 0.05) is 12.8 Å². The Hall–Kier alpha value is -1.59. The molecule has 98 valence electrons. The van der Waals surface area contributed by atoms with Crippen molar-refractivity contribution < 1.29 is 9.53 Å². The zero-order valence-corrected chi connectivity index (χ0v) is 11.1. The van der Waals surface area contributed by atoms with Gasteiger partial charge in [-0.15, -0.1) is 11.6 Å². The van der Waals surface area contributed by atoms with Gasteiger partial charge in [-0.1, -0.05) is 6.07 Å². The number of carbonyl (C=O) groups excluding carboxylic acids is 1. The lowest BCUT2D eigenvalue weighted by Crippen LogP contribution is -2.17. The van der Waals surface area contributed by atoms with Gasteiger partial charge < -0.3 is 15.8 Å². The number of ether oxygens (including phenoxy) is 1. The third-order valence-electron chi connectivity index (χ3n) is 2.26. The molecule has 0 fully saturated rings. The number of methoxy groups -OCH3 is 1. The minimum absolute atomic E-state index is 0.0107. The Morgan fingerprint density at radius 2 is 2.28 bits per heavy atom. The zero-order chi connectivity index (χ0) is 13.5. The van der Waals surface area contributed by atoms with Crippen molar-refractivity contribution in [2.24, 2.45) is 10.7 Å². The average Bonchev–Trinajstić information content (AvgIpc) is 2.34. The Kier molecular flexibility index (Phi) is 5.61. The summed E-state index contributed by atoms with van der Waals surface area (Å²) < 4.78 is 4.75. The van der Waals surface area contributed by atoms with Gasteiger partial charge in [-0.3, -0.25) is 4.79 Å². The van der Waals surface area contributed by atoms with E-state index in [0.29, 0.717) is 17.2 Å². The smallest absolute Gasteiger partial charge is 0.250 e. The molecule has 1 aromatic rings. The standard InChI is InChI=1S/C12H16ClN3O2/c1-8-9(15-11(14)6-13)4-3-5-10(8)16-12(17)7-18-2/h3-5H,6-7H2,1-2H3,(H2,14,15)(H,16,17). The quantitative estimate of drug-likeness (QED) is 0.486. The van der Waals surface area contributed by atoms with Crippen LogP contribution in [0, 0.1) is 6.92 Å². The SMILES string of the molecule is COCC(=O)Nc1cccc(N=C(N)CCl)c1C. The molecule has 0 saturated heterocycles. The molecular weight excluding hydrogens is 254 g/mol. The van der Waals surface area contributed by atoms with Crippen LogP contribution in [0.1, 0.15) is 5.56 Å². The van der Waals surface area contributed by atoms with Crippen LogP contribution in [0.5, 0.6) is 0 Å². The molecule has 0 unspecified atom stereocenters. The molecule has 0 aliphatic carbocycles. The third-order valence-corrected chi connectivity index (χ3v) is 2.53. The maximum Gasteiger partial charge on any atom is 0.250 e. The number of hydrogen-bond donors (Lipinski definition) is 2. The molecule has 5 nitrogen and oxygen atoms in total. The van der Waals surface area contributed by atoms with Crippen LogP contribution in [-0.2, 0) is 9.53 Å². The first-order chi connectivity index (χ1) is 8.58. The van der Waals surface area contributed by atoms with Crippen LogP contribution >= 0.6 is 11.6 Å². The third kappa shape index (κ3) is 4.01. The van der Waals surface area contributed by atoms with Crippen LogP contribution in [0.4, 0.5) is 11.4 Å². The second-order valence-electron chi connectivity index (χ2n) is 3.67. The van der Waals surface area contributed by atoms with E-state index in [9.17, 15) is 4.79 Å². The van der Waals surface area contributed by atoms with Crippen molar-refractivity contribution in [1.29, 1.82) is 0 Å². The highest BCUT2D eigenvalue weighted by Crippen LogP contribution is 2.25. The summed E-state index contributed by atoms with van der Waals surface area (Å²) >= 11 is 5.58. The van der Waals surface area contributed by atoms with E-state index in [-0.39, 0.29) is 18.4 Å². The molecule has 0 aliphatic rings. The predicted octanol–water partition coefficient (Wildman–Crippen LogP) is 1.81. The summed E-state index contributed by atoms with van der Waals surface area (Å²) in [6.45, 7) is 1.86. The predicted molar refractivity (Wildman–Crippen MR) is 73.7 cm³/mol. The number of halogens is 1. The highest BCUT2D eigenvalue weighted by molar-refractivity contribution is 6.28. The molecule has 0 atom stereocenters. The zero-order valence-electron chi connectivity index (χ0n) is 10.4. The number of anilines is 1. The summed E-state index contributed by atoms with van der Waals surface area (Å²) in [5.74, 6) is 0.284. The maximum atomic E-state index is 11.4. The van der Waals surface area contributed by atoms with E-state index < -0.39 is 0 Å². The number of alkyl halides is 1. The molecule has 1 amide bonds. The van der Waals surface area contributed by atoms with Crippen LogP contribution in [0.25, 0.3) is 0 Å². The number of nitrogens with one attached hydrogen (secondary N) is 1. The monoisotopic (exact) mass is 269 g/mol. The van der Waals surface area contributed by atoms with Crippen molar-refractivity contribution in [1.82, 2.24) is 0 Å². The van der Waals surface area contributed by atoms with Crippen molar-refractivity contribution in [2.75, 3.05) is 24.9 Å². The first kappa shape index (κ1) is 14.5. The molecule has 18 heavy (non-hydrogen) atoms. The topological polar surface area (TPSA) is 76.7 Å². The van der Waals surface area contributed by atoms with Crippen molar-refractivity contribution >= 4 is 34.7 Å². The number of aliphatic imine (C=N–C) groups is 1. The van der Waals surface area contributed by atoms with Crippen molar-refractivity contribution in [3.05, 3.63) is 23.8 Å². The molecule has 1 rings (SSSR count). The number of amides is 1. The van der Waals surface area contributed by atoms with Gasteiger partial charge in [0.15, 0.2) is 0 Å². The molecular formula is C12H16ClN3O2. The van der Waals surface area contributed by atoms with Gasteiger partial charge in [-0.2, -0.15) is 0 Å². The van der Waals surface area contributed by atoms with Crippen LogP contribution in [0.2, 0.25) is 0 Å². The molecule has 3 N–H and O–H groups in total. The molecule has 0 aromatic heterocycles. The van der Waals surface area contributed by atoms with E-state index in [1.54, 1.807) is 18.2 Å². The highest BCUT2D eigenvalue weighted by Gasteiger charge is 2.07. The van der Waals surface area contributed by atoms with Crippen LogP contribution < -0.4 is 11.1 Å². The molecule has 6 heteroatoms. The summed E-state index contributed by atoms with van der Waals surface area (Å²) in [7, 11) is 1.47.